The SMILES string of the molecule is CCCN(C(=O)Nc1ccccc1)C(C)c1nc2ccccc2c(=O)n1-c1cc(C)ccc1C. The standard InChI is InChI=1S/C28H30N4O2/c1-5-17-31(28(34)29-22-11-7-6-8-12-22)21(4)26-30-24-14-10-9-13-23(24)27(33)32(26)25-18-19(2)15-16-20(25)3/h6-16,18,21H,5,17H2,1-4H3,(H,29,34). The van der Waals surface area contributed by atoms with Gasteiger partial charge in [-0.15, -0.1) is 0 Å². The van der Waals surface area contributed by atoms with Gasteiger partial charge in [0.2, 0.25) is 0 Å². The molecule has 0 spiro atoms. The molecule has 1 N–H and O–H groups in total. The third-order valence-corrected chi connectivity index (χ3v) is 6.00. The van der Waals surface area contributed by atoms with Gasteiger partial charge >= 0.3 is 6.03 Å². The van der Waals surface area contributed by atoms with Crippen LogP contribution >= 0.6 is 0 Å². The number of urea groups is 1. The summed E-state index contributed by atoms with van der Waals surface area (Å²) in [4.78, 5) is 33.8. The van der Waals surface area contributed by atoms with Crippen LogP contribution in [-0.2, 0) is 0 Å². The number of nitrogens with zero attached hydrogens (tertiary/aromatic N) is 3. The Kier molecular flexibility index (Phi) is 6.77. The van der Waals surface area contributed by atoms with Crippen LogP contribution in [0.15, 0.2) is 77.6 Å². The normalized spacial score (nSPS) is 11.9. The summed E-state index contributed by atoms with van der Waals surface area (Å²) in [6.07, 6.45) is 0.772. The minimum atomic E-state index is -0.444. The second-order valence-corrected chi connectivity index (χ2v) is 8.58. The number of amides is 2. The van der Waals surface area contributed by atoms with E-state index < -0.39 is 6.04 Å². The number of fused-ring (bicyclic) bond motifs is 1. The minimum absolute atomic E-state index is 0.138. The molecule has 0 fully saturated rings. The number of aromatic nitrogens is 2. The molecule has 0 radical (unpaired) electrons. The summed E-state index contributed by atoms with van der Waals surface area (Å²) in [5.41, 5.74) is 4.00. The summed E-state index contributed by atoms with van der Waals surface area (Å²) in [5, 5.41) is 3.53. The maximum atomic E-state index is 13.8. The first kappa shape index (κ1) is 23.2. The van der Waals surface area contributed by atoms with E-state index in [9.17, 15) is 9.59 Å². The van der Waals surface area contributed by atoms with E-state index in [0.29, 0.717) is 23.3 Å². The first-order valence-electron chi connectivity index (χ1n) is 11.6. The number of rotatable bonds is 6. The summed E-state index contributed by atoms with van der Waals surface area (Å²) in [6.45, 7) is 8.47. The zero-order valence-electron chi connectivity index (χ0n) is 20.1. The van der Waals surface area contributed by atoms with Crippen LogP contribution in [-0.4, -0.2) is 27.0 Å². The van der Waals surface area contributed by atoms with Crippen molar-refractivity contribution in [1.82, 2.24) is 14.5 Å². The van der Waals surface area contributed by atoms with Crippen molar-refractivity contribution in [1.29, 1.82) is 0 Å². The number of nitrogens with one attached hydrogen (secondary N) is 1. The summed E-state index contributed by atoms with van der Waals surface area (Å²) < 4.78 is 1.67. The van der Waals surface area contributed by atoms with Gasteiger partial charge in [0, 0.05) is 12.2 Å². The topological polar surface area (TPSA) is 67.2 Å². The fourth-order valence-electron chi connectivity index (χ4n) is 4.19. The molecule has 1 unspecified atom stereocenters. The Morgan fingerprint density at radius 3 is 2.47 bits per heavy atom. The van der Waals surface area contributed by atoms with Crippen molar-refractivity contribution in [2.45, 2.75) is 40.2 Å². The lowest BCUT2D eigenvalue weighted by Gasteiger charge is -2.30. The average molecular weight is 455 g/mol. The zero-order chi connectivity index (χ0) is 24.2. The average Bonchev–Trinajstić information content (AvgIpc) is 2.84. The maximum absolute atomic E-state index is 13.8. The Morgan fingerprint density at radius 1 is 1.03 bits per heavy atom. The number of carbonyl (C=O) groups is 1. The van der Waals surface area contributed by atoms with E-state index in [4.69, 9.17) is 4.98 Å². The van der Waals surface area contributed by atoms with Gasteiger partial charge in [0.1, 0.15) is 5.82 Å². The number of hydrogen-bond donors (Lipinski definition) is 1. The molecule has 6 nitrogen and oxygen atoms in total. The monoisotopic (exact) mass is 454 g/mol. The van der Waals surface area contributed by atoms with E-state index in [0.717, 1.165) is 28.9 Å². The number of carbonyl (C=O) groups excluding carboxylic acids is 1. The van der Waals surface area contributed by atoms with Gasteiger partial charge in [-0.1, -0.05) is 49.4 Å². The highest BCUT2D eigenvalue weighted by Gasteiger charge is 2.27. The van der Waals surface area contributed by atoms with Crippen molar-refractivity contribution in [2.24, 2.45) is 0 Å². The molecule has 0 aliphatic carbocycles. The molecule has 174 valence electrons. The van der Waals surface area contributed by atoms with E-state index in [1.54, 1.807) is 15.5 Å². The van der Waals surface area contributed by atoms with Gasteiger partial charge in [0.25, 0.3) is 5.56 Å². The lowest BCUT2D eigenvalue weighted by molar-refractivity contribution is 0.189. The molecule has 1 atom stereocenters. The first-order valence-corrected chi connectivity index (χ1v) is 11.6. The molecule has 6 heteroatoms. The number of hydrogen-bond acceptors (Lipinski definition) is 3. The van der Waals surface area contributed by atoms with Gasteiger partial charge in [0.05, 0.1) is 22.6 Å². The molecule has 1 heterocycles. The third-order valence-electron chi connectivity index (χ3n) is 6.00. The Bertz CT molecular complexity index is 1380. The van der Waals surface area contributed by atoms with E-state index >= 15 is 0 Å². The smallest absolute Gasteiger partial charge is 0.315 e. The molecule has 4 rings (SSSR count). The van der Waals surface area contributed by atoms with E-state index in [1.165, 1.54) is 0 Å². The summed E-state index contributed by atoms with van der Waals surface area (Å²) in [5.74, 6) is 0.536. The molecule has 3 aromatic carbocycles. The Morgan fingerprint density at radius 2 is 1.74 bits per heavy atom. The van der Waals surface area contributed by atoms with Gasteiger partial charge in [-0.3, -0.25) is 9.36 Å². The van der Waals surface area contributed by atoms with Crippen molar-refractivity contribution in [2.75, 3.05) is 11.9 Å². The minimum Gasteiger partial charge on any atom is -0.315 e. The predicted molar refractivity (Wildman–Crippen MR) is 138 cm³/mol. The van der Waals surface area contributed by atoms with Crippen molar-refractivity contribution >= 4 is 22.6 Å². The molecule has 0 bridgehead atoms. The highest BCUT2D eigenvalue weighted by molar-refractivity contribution is 5.89. The third kappa shape index (κ3) is 4.57. The van der Waals surface area contributed by atoms with Crippen LogP contribution in [0, 0.1) is 13.8 Å². The van der Waals surface area contributed by atoms with Crippen LogP contribution < -0.4 is 10.9 Å². The second-order valence-electron chi connectivity index (χ2n) is 8.58. The summed E-state index contributed by atoms with van der Waals surface area (Å²) >= 11 is 0. The zero-order valence-corrected chi connectivity index (χ0v) is 20.1. The summed E-state index contributed by atoms with van der Waals surface area (Å²) in [6, 6.07) is 22.1. The fourth-order valence-corrected chi connectivity index (χ4v) is 4.19. The van der Waals surface area contributed by atoms with E-state index in [2.05, 4.69) is 5.32 Å². The number of aryl methyl sites for hydroxylation is 2. The van der Waals surface area contributed by atoms with Gasteiger partial charge in [-0.25, -0.2) is 9.78 Å². The van der Waals surface area contributed by atoms with E-state index in [1.807, 2.05) is 94.4 Å². The quantitative estimate of drug-likeness (QED) is 0.388. The lowest BCUT2D eigenvalue weighted by Crippen LogP contribution is -2.40. The molecule has 0 saturated heterocycles. The van der Waals surface area contributed by atoms with Crippen molar-refractivity contribution < 1.29 is 4.79 Å². The van der Waals surface area contributed by atoms with Gasteiger partial charge in [0.15, 0.2) is 0 Å². The fraction of sp³-hybridized carbons (Fsp3) is 0.250. The predicted octanol–water partition coefficient (Wildman–Crippen LogP) is 6.01. The molecule has 0 saturated carbocycles. The second kappa shape index (κ2) is 9.91. The first-order chi connectivity index (χ1) is 16.4. The largest absolute Gasteiger partial charge is 0.322 e. The van der Waals surface area contributed by atoms with Gasteiger partial charge in [-0.05, 0) is 68.7 Å². The molecule has 2 amide bonds. The van der Waals surface area contributed by atoms with Crippen LogP contribution in [0.2, 0.25) is 0 Å². The Hall–Kier alpha value is -3.93. The Balaban J connectivity index is 1.88. The van der Waals surface area contributed by atoms with Crippen LogP contribution in [0.3, 0.4) is 0 Å². The van der Waals surface area contributed by atoms with Crippen LogP contribution in [0.5, 0.6) is 0 Å². The van der Waals surface area contributed by atoms with Crippen molar-refractivity contribution in [3.8, 4) is 5.69 Å². The van der Waals surface area contributed by atoms with Crippen molar-refractivity contribution in [3.05, 3.63) is 100 Å². The molecular formula is C28H30N4O2. The number of para-hydroxylation sites is 2. The highest BCUT2D eigenvalue weighted by atomic mass is 16.2. The van der Waals surface area contributed by atoms with Crippen LogP contribution in [0.25, 0.3) is 16.6 Å². The number of benzene rings is 3. The van der Waals surface area contributed by atoms with Crippen LogP contribution in [0.1, 0.15) is 43.3 Å². The van der Waals surface area contributed by atoms with Crippen molar-refractivity contribution in [3.63, 3.8) is 0 Å². The Labute approximate surface area is 199 Å². The van der Waals surface area contributed by atoms with E-state index in [-0.39, 0.29) is 11.6 Å². The molecule has 4 aromatic rings. The van der Waals surface area contributed by atoms with Crippen LogP contribution in [0.4, 0.5) is 10.5 Å². The molecular weight excluding hydrogens is 424 g/mol. The molecule has 0 aliphatic rings. The van der Waals surface area contributed by atoms with Gasteiger partial charge in [-0.2, -0.15) is 0 Å². The molecule has 34 heavy (non-hydrogen) atoms. The summed E-state index contributed by atoms with van der Waals surface area (Å²) in [7, 11) is 0. The molecule has 0 aliphatic heterocycles. The highest BCUT2D eigenvalue weighted by Crippen LogP contribution is 2.26. The maximum Gasteiger partial charge on any atom is 0.322 e. The number of anilines is 1. The lowest BCUT2D eigenvalue weighted by atomic mass is 10.1. The van der Waals surface area contributed by atoms with Gasteiger partial charge < -0.3 is 10.2 Å². The molecule has 1 aromatic heterocycles.